The molecular weight excluding hydrogens is 504 g/mol. The van der Waals surface area contributed by atoms with Crippen molar-refractivity contribution < 1.29 is 14.4 Å². The van der Waals surface area contributed by atoms with Gasteiger partial charge in [-0.1, -0.05) is 36.7 Å². The Balaban J connectivity index is 2.17. The molecule has 0 unspecified atom stereocenters. The van der Waals surface area contributed by atoms with Gasteiger partial charge in [0.25, 0.3) is 5.56 Å². The van der Waals surface area contributed by atoms with E-state index >= 15 is 0 Å². The van der Waals surface area contributed by atoms with Gasteiger partial charge in [0.2, 0.25) is 5.75 Å². The van der Waals surface area contributed by atoms with E-state index in [1.54, 1.807) is 25.1 Å². The molecule has 0 saturated heterocycles. The number of benzene rings is 2. The van der Waals surface area contributed by atoms with Crippen LogP contribution in [0, 0.1) is 10.1 Å². The number of ether oxygens (including phenoxy) is 2. The normalized spacial score (nSPS) is 12.4. The van der Waals surface area contributed by atoms with E-state index in [4.69, 9.17) is 9.47 Å². The lowest BCUT2D eigenvalue weighted by atomic mass is 10.1. The number of nitrogens with zero attached hydrogens (tertiary/aromatic N) is 4. The van der Waals surface area contributed by atoms with Gasteiger partial charge in [0.15, 0.2) is 5.75 Å². The first-order valence-corrected chi connectivity index (χ1v) is 11.8. The predicted octanol–water partition coefficient (Wildman–Crippen LogP) is 5.65. The van der Waals surface area contributed by atoms with Crippen LogP contribution in [0.4, 0.5) is 5.69 Å². The molecule has 0 aliphatic rings. The van der Waals surface area contributed by atoms with Crippen molar-refractivity contribution in [1.82, 2.24) is 9.66 Å². The zero-order valence-electron chi connectivity index (χ0n) is 19.7. The topological polar surface area (TPSA) is 109 Å². The van der Waals surface area contributed by atoms with E-state index in [0.717, 1.165) is 4.47 Å². The Morgan fingerprint density at radius 3 is 2.59 bits per heavy atom. The molecule has 0 amide bonds. The van der Waals surface area contributed by atoms with E-state index in [2.05, 4.69) is 26.0 Å². The molecule has 1 atom stereocenters. The summed E-state index contributed by atoms with van der Waals surface area (Å²) in [5, 5.41) is 16.6. The van der Waals surface area contributed by atoms with Gasteiger partial charge in [0.05, 0.1) is 34.8 Å². The number of hydrogen-bond acceptors (Lipinski definition) is 7. The number of rotatable bonds is 9. The molecule has 1 aromatic heterocycles. The van der Waals surface area contributed by atoms with Gasteiger partial charge in [-0.15, -0.1) is 0 Å². The number of hydrogen-bond donors (Lipinski definition) is 0. The highest BCUT2D eigenvalue weighted by Crippen LogP contribution is 2.39. The zero-order valence-corrected chi connectivity index (χ0v) is 21.3. The van der Waals surface area contributed by atoms with Crippen LogP contribution in [0.3, 0.4) is 0 Å². The van der Waals surface area contributed by atoms with Crippen molar-refractivity contribution in [2.24, 2.45) is 5.10 Å². The summed E-state index contributed by atoms with van der Waals surface area (Å²) in [7, 11) is 0. The third kappa shape index (κ3) is 5.44. The Kier molecular flexibility index (Phi) is 8.03. The van der Waals surface area contributed by atoms with Crippen LogP contribution in [0.2, 0.25) is 0 Å². The Morgan fingerprint density at radius 2 is 1.97 bits per heavy atom. The highest BCUT2D eigenvalue weighted by molar-refractivity contribution is 9.10. The molecule has 3 aromatic rings. The van der Waals surface area contributed by atoms with Gasteiger partial charge in [-0.25, -0.2) is 4.98 Å². The van der Waals surface area contributed by atoms with Crippen molar-refractivity contribution in [3.63, 3.8) is 0 Å². The lowest BCUT2D eigenvalue weighted by Crippen LogP contribution is -2.23. The second-order valence-electron chi connectivity index (χ2n) is 8.04. The Morgan fingerprint density at radius 1 is 1.24 bits per heavy atom. The summed E-state index contributed by atoms with van der Waals surface area (Å²) in [5.41, 5.74) is 0.402. The average Bonchev–Trinajstić information content (AvgIpc) is 2.79. The standard InChI is InChI=1S/C24H27BrN4O5/c1-6-15(5)34-22-20(29(31)32)10-16(11-21(22)33-7-2)13-26-28-23(14(3)4)27-19-9-8-17(25)12-18(19)24(28)30/h8-15H,6-7H2,1-5H3/t15-/m0/s1. The molecule has 1 heterocycles. The largest absolute Gasteiger partial charge is 0.490 e. The van der Waals surface area contributed by atoms with Crippen LogP contribution in [0.25, 0.3) is 10.9 Å². The lowest BCUT2D eigenvalue weighted by Gasteiger charge is -2.17. The van der Waals surface area contributed by atoms with Crippen LogP contribution in [-0.4, -0.2) is 33.5 Å². The van der Waals surface area contributed by atoms with E-state index in [1.807, 2.05) is 33.8 Å². The molecule has 0 aliphatic carbocycles. The van der Waals surface area contributed by atoms with Gasteiger partial charge < -0.3 is 9.47 Å². The smallest absolute Gasteiger partial charge is 0.315 e. The van der Waals surface area contributed by atoms with Gasteiger partial charge in [-0.3, -0.25) is 14.9 Å². The minimum Gasteiger partial charge on any atom is -0.490 e. The molecule has 34 heavy (non-hydrogen) atoms. The summed E-state index contributed by atoms with van der Waals surface area (Å²) in [6.45, 7) is 9.68. The fourth-order valence-electron chi connectivity index (χ4n) is 3.26. The highest BCUT2D eigenvalue weighted by atomic mass is 79.9. The summed E-state index contributed by atoms with van der Waals surface area (Å²) in [6, 6.07) is 8.26. The molecule has 0 aliphatic heterocycles. The Hall–Kier alpha value is -3.27. The Bertz CT molecular complexity index is 1300. The molecule has 0 fully saturated rings. The van der Waals surface area contributed by atoms with Crippen molar-refractivity contribution in [1.29, 1.82) is 0 Å². The minimum atomic E-state index is -0.515. The zero-order chi connectivity index (χ0) is 25.0. The van der Waals surface area contributed by atoms with Crippen LogP contribution in [-0.2, 0) is 0 Å². The second kappa shape index (κ2) is 10.8. The quantitative estimate of drug-likeness (QED) is 0.201. The van der Waals surface area contributed by atoms with Crippen molar-refractivity contribution >= 4 is 38.7 Å². The maximum Gasteiger partial charge on any atom is 0.315 e. The van der Waals surface area contributed by atoms with Gasteiger partial charge >= 0.3 is 5.69 Å². The number of nitro groups is 1. The highest BCUT2D eigenvalue weighted by Gasteiger charge is 2.24. The molecule has 10 heteroatoms. The molecule has 0 N–H and O–H groups in total. The van der Waals surface area contributed by atoms with E-state index in [0.29, 0.717) is 35.3 Å². The first kappa shape index (κ1) is 25.4. The van der Waals surface area contributed by atoms with E-state index in [1.165, 1.54) is 17.0 Å². The van der Waals surface area contributed by atoms with E-state index < -0.39 is 4.92 Å². The van der Waals surface area contributed by atoms with Gasteiger partial charge in [-0.2, -0.15) is 9.78 Å². The molecule has 180 valence electrons. The SMILES string of the molecule is CCOc1cc(C=Nn2c(C(C)C)nc3ccc(Br)cc3c2=O)cc([N+](=O)[O-])c1O[C@@H](C)CC. The van der Waals surface area contributed by atoms with Crippen molar-refractivity contribution in [2.45, 2.75) is 53.1 Å². The summed E-state index contributed by atoms with van der Waals surface area (Å²) >= 11 is 3.38. The van der Waals surface area contributed by atoms with Crippen LogP contribution in [0.1, 0.15) is 58.3 Å². The monoisotopic (exact) mass is 530 g/mol. The number of fused-ring (bicyclic) bond motifs is 1. The molecule has 3 rings (SSSR count). The van der Waals surface area contributed by atoms with Crippen LogP contribution < -0.4 is 15.0 Å². The van der Waals surface area contributed by atoms with Crippen LogP contribution in [0.5, 0.6) is 11.5 Å². The molecule has 0 saturated carbocycles. The molecule has 0 radical (unpaired) electrons. The van der Waals surface area contributed by atoms with Gasteiger partial charge in [0.1, 0.15) is 5.82 Å². The third-order valence-electron chi connectivity index (χ3n) is 5.12. The Labute approximate surface area is 205 Å². The molecule has 9 nitrogen and oxygen atoms in total. The summed E-state index contributed by atoms with van der Waals surface area (Å²) in [4.78, 5) is 29.1. The first-order valence-electron chi connectivity index (χ1n) is 11.0. The maximum atomic E-state index is 13.2. The van der Waals surface area contributed by atoms with E-state index in [9.17, 15) is 14.9 Å². The number of nitro benzene ring substituents is 1. The molecule has 0 bridgehead atoms. The lowest BCUT2D eigenvalue weighted by molar-refractivity contribution is -0.386. The van der Waals surface area contributed by atoms with Crippen molar-refractivity contribution in [2.75, 3.05) is 6.61 Å². The molecule has 0 spiro atoms. The molecular formula is C24H27BrN4O5. The minimum absolute atomic E-state index is 0.0793. The fourth-order valence-corrected chi connectivity index (χ4v) is 3.62. The predicted molar refractivity (Wildman–Crippen MR) is 135 cm³/mol. The summed E-state index contributed by atoms with van der Waals surface area (Å²) in [6.07, 6.45) is 1.84. The van der Waals surface area contributed by atoms with Crippen LogP contribution in [0.15, 0.2) is 44.7 Å². The number of aromatic nitrogens is 2. The number of halogens is 1. The van der Waals surface area contributed by atoms with Crippen molar-refractivity contribution in [3.05, 3.63) is 66.7 Å². The fraction of sp³-hybridized carbons (Fsp3) is 0.375. The summed E-state index contributed by atoms with van der Waals surface area (Å²) in [5.74, 6) is 0.718. The van der Waals surface area contributed by atoms with E-state index in [-0.39, 0.29) is 34.8 Å². The van der Waals surface area contributed by atoms with Crippen molar-refractivity contribution in [3.8, 4) is 11.5 Å². The average molecular weight is 531 g/mol. The summed E-state index contributed by atoms with van der Waals surface area (Å²) < 4.78 is 13.4. The first-order chi connectivity index (χ1) is 16.2. The van der Waals surface area contributed by atoms with Crippen LogP contribution >= 0.6 is 15.9 Å². The van der Waals surface area contributed by atoms with Gasteiger partial charge in [-0.05, 0) is 44.5 Å². The second-order valence-corrected chi connectivity index (χ2v) is 8.96. The molecule has 2 aromatic carbocycles. The third-order valence-corrected chi connectivity index (χ3v) is 5.61. The maximum absolute atomic E-state index is 13.2. The van der Waals surface area contributed by atoms with Gasteiger partial charge in [0, 0.05) is 22.0 Å².